The lowest BCUT2D eigenvalue weighted by atomic mass is 10.1. The molecule has 2 aromatic rings. The van der Waals surface area contributed by atoms with E-state index in [0.717, 1.165) is 54.0 Å². The van der Waals surface area contributed by atoms with E-state index in [2.05, 4.69) is 19.9 Å². The number of rotatable bonds is 8. The molecule has 1 aliphatic heterocycles. The molecule has 0 aromatic carbocycles. The Kier molecular flexibility index (Phi) is 5.94. The molecule has 0 amide bonds. The van der Waals surface area contributed by atoms with E-state index in [9.17, 15) is 5.11 Å². The molecular weight excluding hydrogens is 326 g/mol. The van der Waals surface area contributed by atoms with Gasteiger partial charge in [0.25, 0.3) is 0 Å². The summed E-state index contributed by atoms with van der Waals surface area (Å²) in [5.41, 5.74) is 8.58. The van der Waals surface area contributed by atoms with Crippen molar-refractivity contribution >= 4 is 28.6 Å². The normalized spacial score (nSPS) is 21.8. The Morgan fingerprint density at radius 2 is 2.21 bits per heavy atom. The van der Waals surface area contributed by atoms with Crippen molar-refractivity contribution in [3.8, 4) is 0 Å². The number of nitrogens with one attached hydrogen (secondary N) is 1. The summed E-state index contributed by atoms with van der Waals surface area (Å²) in [6.45, 7) is 2.59. The van der Waals surface area contributed by atoms with Crippen LogP contribution in [0.25, 0.3) is 11.0 Å². The Morgan fingerprint density at radius 1 is 1.33 bits per heavy atom. The maximum atomic E-state index is 10.3. The molecule has 2 unspecified atom stereocenters. The van der Waals surface area contributed by atoms with Gasteiger partial charge in [-0.15, -0.1) is 0 Å². The predicted molar refractivity (Wildman–Crippen MR) is 96.7 cm³/mol. The van der Waals surface area contributed by atoms with Gasteiger partial charge in [0.1, 0.15) is 11.8 Å². The number of likely N-dealkylation sites (tertiary alicyclic amines) is 1. The molecular formula is C16H25N5O2S. The maximum absolute atomic E-state index is 10.3. The van der Waals surface area contributed by atoms with Crippen molar-refractivity contribution in [1.82, 2.24) is 19.9 Å². The number of nitrogens with zero attached hydrogens (tertiary/aromatic N) is 3. The second-order valence-electron chi connectivity index (χ2n) is 6.32. The highest BCUT2D eigenvalue weighted by Gasteiger charge is 2.31. The third kappa shape index (κ3) is 4.00. The molecule has 0 radical (unpaired) electrons. The number of H-pyrrole nitrogens is 1. The van der Waals surface area contributed by atoms with E-state index in [4.69, 9.17) is 10.8 Å². The number of hydrogen-bond donors (Lipinski definition) is 4. The number of fused-ring (bicyclic) bond motifs is 1. The van der Waals surface area contributed by atoms with Crippen molar-refractivity contribution in [3.63, 3.8) is 0 Å². The number of aromatic amines is 1. The molecule has 1 fully saturated rings. The molecule has 2 atom stereocenters. The lowest BCUT2D eigenvalue weighted by Gasteiger charge is -2.14. The molecule has 0 bridgehead atoms. The molecule has 24 heavy (non-hydrogen) atoms. The van der Waals surface area contributed by atoms with E-state index >= 15 is 0 Å². The molecule has 3 heterocycles. The number of anilines is 1. The van der Waals surface area contributed by atoms with Crippen LogP contribution >= 0.6 is 11.8 Å². The fourth-order valence-electron chi connectivity index (χ4n) is 3.16. The average Bonchev–Trinajstić information content (AvgIpc) is 3.13. The smallest absolute Gasteiger partial charge is 0.151 e. The summed E-state index contributed by atoms with van der Waals surface area (Å²) in [7, 11) is 0. The van der Waals surface area contributed by atoms with Crippen LogP contribution in [0.3, 0.4) is 0 Å². The van der Waals surface area contributed by atoms with Gasteiger partial charge in [0.2, 0.25) is 0 Å². The minimum absolute atomic E-state index is 0.263. The quantitative estimate of drug-likeness (QED) is 0.521. The number of aliphatic hydroxyl groups excluding tert-OH is 2. The van der Waals surface area contributed by atoms with Crippen LogP contribution in [-0.2, 0) is 6.54 Å². The second kappa shape index (κ2) is 8.15. The first-order chi connectivity index (χ1) is 11.7. The van der Waals surface area contributed by atoms with Crippen LogP contribution in [0.5, 0.6) is 0 Å². The molecule has 1 aliphatic rings. The summed E-state index contributed by atoms with van der Waals surface area (Å²) in [5.74, 6) is 2.77. The number of aromatic nitrogens is 3. The van der Waals surface area contributed by atoms with Crippen LogP contribution in [0.15, 0.2) is 12.5 Å². The van der Waals surface area contributed by atoms with Crippen molar-refractivity contribution < 1.29 is 10.2 Å². The first kappa shape index (κ1) is 17.5. The highest BCUT2D eigenvalue weighted by atomic mass is 32.2. The van der Waals surface area contributed by atoms with Crippen LogP contribution in [0.4, 0.5) is 5.82 Å². The van der Waals surface area contributed by atoms with Crippen molar-refractivity contribution in [2.24, 2.45) is 5.92 Å². The molecule has 3 rings (SSSR count). The van der Waals surface area contributed by atoms with Gasteiger partial charge in [0.15, 0.2) is 5.82 Å². The standard InChI is InChI=1S/C16H25N5O2S/c17-16-15-14(19-10-20-16)11(5-18-15)6-21-7-12(13(23)8-21)9-24-4-2-1-3-22/h5,10,12-13,18,22-23H,1-4,6-9H2,(H2,17,19,20). The highest BCUT2D eigenvalue weighted by Crippen LogP contribution is 2.26. The SMILES string of the molecule is Nc1ncnc2c(CN3CC(O)C(CSCCCCO)C3)c[nH]c12. The molecule has 1 saturated heterocycles. The van der Waals surface area contributed by atoms with E-state index in [1.54, 1.807) is 0 Å². The Balaban J connectivity index is 1.54. The van der Waals surface area contributed by atoms with E-state index in [1.807, 2.05) is 18.0 Å². The number of β-amino-alcohol motifs (C(OH)–C–C–N with tert-alkyl or cyclic N) is 1. The highest BCUT2D eigenvalue weighted by molar-refractivity contribution is 7.99. The minimum atomic E-state index is -0.278. The summed E-state index contributed by atoms with van der Waals surface area (Å²) < 4.78 is 0. The maximum Gasteiger partial charge on any atom is 0.151 e. The number of nitrogen functional groups attached to an aromatic ring is 1. The van der Waals surface area contributed by atoms with Crippen LogP contribution in [-0.4, -0.2) is 67.4 Å². The predicted octanol–water partition coefficient (Wildman–Crippen LogP) is 0.838. The van der Waals surface area contributed by atoms with E-state index in [0.29, 0.717) is 18.3 Å². The van der Waals surface area contributed by atoms with Crippen molar-refractivity contribution in [2.45, 2.75) is 25.5 Å². The summed E-state index contributed by atoms with van der Waals surface area (Å²) in [5, 5.41) is 19.1. The van der Waals surface area contributed by atoms with Crippen LogP contribution < -0.4 is 5.73 Å². The van der Waals surface area contributed by atoms with Gasteiger partial charge in [0.05, 0.1) is 11.6 Å². The van der Waals surface area contributed by atoms with Crippen molar-refractivity contribution in [1.29, 1.82) is 0 Å². The van der Waals surface area contributed by atoms with E-state index in [1.165, 1.54) is 6.33 Å². The van der Waals surface area contributed by atoms with Gasteiger partial charge in [-0.05, 0) is 24.3 Å². The van der Waals surface area contributed by atoms with Crippen molar-refractivity contribution in [2.75, 3.05) is 36.9 Å². The van der Waals surface area contributed by atoms with Gasteiger partial charge in [-0.2, -0.15) is 11.8 Å². The molecule has 7 nitrogen and oxygen atoms in total. The van der Waals surface area contributed by atoms with Gasteiger partial charge in [0, 0.05) is 43.9 Å². The topological polar surface area (TPSA) is 111 Å². The van der Waals surface area contributed by atoms with Crippen LogP contribution in [0.1, 0.15) is 18.4 Å². The number of unbranched alkanes of at least 4 members (excludes halogenated alkanes) is 1. The van der Waals surface area contributed by atoms with Crippen molar-refractivity contribution in [3.05, 3.63) is 18.1 Å². The summed E-state index contributed by atoms with van der Waals surface area (Å²) in [6.07, 6.45) is 5.03. The second-order valence-corrected chi connectivity index (χ2v) is 7.47. The minimum Gasteiger partial charge on any atom is -0.396 e. The Labute approximate surface area is 145 Å². The zero-order valence-electron chi connectivity index (χ0n) is 13.7. The van der Waals surface area contributed by atoms with Gasteiger partial charge < -0.3 is 20.9 Å². The monoisotopic (exact) mass is 351 g/mol. The third-order valence-electron chi connectivity index (χ3n) is 4.48. The Morgan fingerprint density at radius 3 is 3.04 bits per heavy atom. The Hall–Kier alpha value is -1.35. The largest absolute Gasteiger partial charge is 0.396 e. The molecule has 132 valence electrons. The summed E-state index contributed by atoms with van der Waals surface area (Å²) in [4.78, 5) is 13.7. The van der Waals surface area contributed by atoms with Gasteiger partial charge in [-0.3, -0.25) is 4.90 Å². The van der Waals surface area contributed by atoms with Gasteiger partial charge in [-0.25, -0.2) is 9.97 Å². The molecule has 2 aromatic heterocycles. The lowest BCUT2D eigenvalue weighted by molar-refractivity contribution is 0.149. The number of aliphatic hydroxyl groups is 2. The molecule has 8 heteroatoms. The van der Waals surface area contributed by atoms with E-state index in [-0.39, 0.29) is 12.7 Å². The fraction of sp³-hybridized carbons (Fsp3) is 0.625. The number of nitrogens with two attached hydrogens (primary N) is 1. The lowest BCUT2D eigenvalue weighted by Crippen LogP contribution is -2.21. The van der Waals surface area contributed by atoms with Gasteiger partial charge in [-0.1, -0.05) is 0 Å². The first-order valence-corrected chi connectivity index (χ1v) is 9.50. The molecule has 0 spiro atoms. The fourth-order valence-corrected chi connectivity index (χ4v) is 4.36. The summed E-state index contributed by atoms with van der Waals surface area (Å²) in [6, 6.07) is 0. The molecule has 0 aliphatic carbocycles. The van der Waals surface area contributed by atoms with Crippen LogP contribution in [0.2, 0.25) is 0 Å². The summed E-state index contributed by atoms with van der Waals surface area (Å²) >= 11 is 1.87. The Bertz CT molecular complexity index is 665. The molecule has 0 saturated carbocycles. The zero-order chi connectivity index (χ0) is 16.9. The van der Waals surface area contributed by atoms with Gasteiger partial charge >= 0.3 is 0 Å². The number of thioether (sulfide) groups is 1. The van der Waals surface area contributed by atoms with Crippen LogP contribution in [0, 0.1) is 5.92 Å². The first-order valence-electron chi connectivity index (χ1n) is 8.34. The molecule has 5 N–H and O–H groups in total. The number of hydrogen-bond acceptors (Lipinski definition) is 7. The average molecular weight is 351 g/mol. The van der Waals surface area contributed by atoms with E-state index < -0.39 is 0 Å². The zero-order valence-corrected chi connectivity index (χ0v) is 14.5. The third-order valence-corrected chi connectivity index (χ3v) is 5.72.